The van der Waals surface area contributed by atoms with Gasteiger partial charge in [-0.15, -0.1) is 0 Å². The van der Waals surface area contributed by atoms with Gasteiger partial charge >= 0.3 is 0 Å². The number of amides is 1. The van der Waals surface area contributed by atoms with Gasteiger partial charge in [0.2, 0.25) is 0 Å². The summed E-state index contributed by atoms with van der Waals surface area (Å²) in [6.07, 6.45) is 0. The summed E-state index contributed by atoms with van der Waals surface area (Å²) in [5, 5.41) is 23.3. The van der Waals surface area contributed by atoms with Crippen molar-refractivity contribution in [2.75, 3.05) is 36.5 Å². The minimum atomic E-state index is -0.511. The minimum absolute atomic E-state index is 0.142. The van der Waals surface area contributed by atoms with Crippen molar-refractivity contribution in [2.24, 2.45) is 0 Å². The molecule has 1 aromatic heterocycles. The van der Waals surface area contributed by atoms with E-state index in [1.165, 1.54) is 12.1 Å². The second kappa shape index (κ2) is 9.21. The van der Waals surface area contributed by atoms with Gasteiger partial charge in [-0.25, -0.2) is 0 Å². The molecule has 0 atom stereocenters. The Balaban J connectivity index is 1.61. The van der Waals surface area contributed by atoms with Crippen LogP contribution in [0.2, 0.25) is 0 Å². The highest BCUT2D eigenvalue weighted by atomic mass is 16.6. The van der Waals surface area contributed by atoms with Gasteiger partial charge < -0.3 is 24.5 Å². The Morgan fingerprint density at radius 1 is 1.16 bits per heavy atom. The van der Waals surface area contributed by atoms with Crippen molar-refractivity contribution in [2.45, 2.75) is 13.5 Å². The van der Waals surface area contributed by atoms with Gasteiger partial charge in [0.15, 0.2) is 0 Å². The molecule has 0 saturated carbocycles. The fraction of sp³-hybridized carbons (Fsp3) is 0.261. The van der Waals surface area contributed by atoms with Crippen molar-refractivity contribution in [3.63, 3.8) is 0 Å². The van der Waals surface area contributed by atoms with Crippen LogP contribution in [0, 0.1) is 17.0 Å². The molecule has 0 radical (unpaired) electrons. The van der Waals surface area contributed by atoms with E-state index in [9.17, 15) is 20.0 Å². The molecule has 2 N–H and O–H groups in total. The number of anilines is 2. The number of morpholine rings is 1. The molecule has 9 nitrogen and oxygen atoms in total. The molecule has 0 spiro atoms. The number of rotatable bonds is 6. The third-order valence-electron chi connectivity index (χ3n) is 5.35. The van der Waals surface area contributed by atoms with E-state index in [0.717, 1.165) is 11.1 Å². The fourth-order valence-electron chi connectivity index (χ4n) is 3.72. The van der Waals surface area contributed by atoms with Crippen LogP contribution in [0.3, 0.4) is 0 Å². The second-order valence-electron chi connectivity index (χ2n) is 7.47. The van der Waals surface area contributed by atoms with E-state index < -0.39 is 10.8 Å². The van der Waals surface area contributed by atoms with Crippen molar-refractivity contribution >= 4 is 23.0 Å². The number of furan rings is 1. The molecule has 4 rings (SSSR count). The quantitative estimate of drug-likeness (QED) is 0.445. The molecule has 1 amide bonds. The highest BCUT2D eigenvalue weighted by molar-refractivity contribution is 6.08. The second-order valence-corrected chi connectivity index (χ2v) is 7.47. The first-order valence-electron chi connectivity index (χ1n) is 10.2. The van der Waals surface area contributed by atoms with Crippen molar-refractivity contribution in [1.82, 2.24) is 0 Å². The van der Waals surface area contributed by atoms with Crippen LogP contribution in [0.15, 0.2) is 52.9 Å². The summed E-state index contributed by atoms with van der Waals surface area (Å²) in [5.41, 5.74) is 3.00. The maximum Gasteiger partial charge on any atom is 0.270 e. The molecule has 0 bridgehead atoms. The Hall–Kier alpha value is -3.69. The third-order valence-corrected chi connectivity index (χ3v) is 5.35. The number of benzene rings is 2. The van der Waals surface area contributed by atoms with Crippen LogP contribution < -0.4 is 10.2 Å². The van der Waals surface area contributed by atoms with Crippen molar-refractivity contribution in [1.29, 1.82) is 0 Å². The van der Waals surface area contributed by atoms with Crippen molar-refractivity contribution < 1.29 is 24.0 Å². The molecule has 0 aliphatic carbocycles. The first-order valence-corrected chi connectivity index (χ1v) is 10.2. The molecule has 9 heteroatoms. The predicted molar refractivity (Wildman–Crippen MR) is 119 cm³/mol. The van der Waals surface area contributed by atoms with Crippen LogP contribution in [0.4, 0.5) is 17.1 Å². The number of non-ortho nitro benzene ring substituents is 1. The van der Waals surface area contributed by atoms with Gasteiger partial charge in [0.1, 0.15) is 18.1 Å². The molecule has 3 aromatic rings. The number of nitrogens with zero attached hydrogens (tertiary/aromatic N) is 2. The maximum atomic E-state index is 13.1. The van der Waals surface area contributed by atoms with E-state index in [-0.39, 0.29) is 17.9 Å². The average molecular weight is 437 g/mol. The van der Waals surface area contributed by atoms with Gasteiger partial charge in [0, 0.05) is 36.5 Å². The van der Waals surface area contributed by atoms with E-state index in [1.54, 1.807) is 30.3 Å². The largest absolute Gasteiger partial charge is 0.459 e. The Kier molecular flexibility index (Phi) is 6.20. The Labute approximate surface area is 184 Å². The number of aliphatic hydroxyl groups is 1. The van der Waals surface area contributed by atoms with Crippen LogP contribution in [0.5, 0.6) is 0 Å². The molecule has 1 saturated heterocycles. The number of carbonyl (C=O) groups is 1. The molecule has 2 aromatic carbocycles. The lowest BCUT2D eigenvalue weighted by atomic mass is 10.1. The van der Waals surface area contributed by atoms with E-state index in [0.29, 0.717) is 49.2 Å². The maximum absolute atomic E-state index is 13.1. The number of hydrogen-bond donors (Lipinski definition) is 2. The summed E-state index contributed by atoms with van der Waals surface area (Å²) in [7, 11) is 0. The highest BCUT2D eigenvalue weighted by Crippen LogP contribution is 2.30. The first kappa shape index (κ1) is 21.5. The topological polar surface area (TPSA) is 118 Å². The lowest BCUT2D eigenvalue weighted by molar-refractivity contribution is -0.384. The number of nitro benzene ring substituents is 1. The van der Waals surface area contributed by atoms with Gasteiger partial charge in [-0.2, -0.15) is 0 Å². The zero-order valence-electron chi connectivity index (χ0n) is 17.5. The number of ether oxygens (including phenoxy) is 1. The number of carbonyl (C=O) groups excluding carboxylic acids is 1. The van der Waals surface area contributed by atoms with E-state index in [4.69, 9.17) is 9.15 Å². The summed E-state index contributed by atoms with van der Waals surface area (Å²) in [5.74, 6) is 0.665. The molecular weight excluding hydrogens is 414 g/mol. The molecule has 1 aliphatic heterocycles. The normalized spacial score (nSPS) is 13.8. The number of nitrogens with one attached hydrogen (secondary N) is 1. The van der Waals surface area contributed by atoms with Crippen LogP contribution in [-0.4, -0.2) is 42.2 Å². The average Bonchev–Trinajstić information content (AvgIpc) is 3.28. The zero-order valence-corrected chi connectivity index (χ0v) is 17.5. The predicted octanol–water partition coefficient (Wildman–Crippen LogP) is 3.74. The number of aryl methyl sites for hydroxylation is 1. The monoisotopic (exact) mass is 437 g/mol. The van der Waals surface area contributed by atoms with Gasteiger partial charge in [0.05, 0.1) is 29.4 Å². The molecule has 2 heterocycles. The highest BCUT2D eigenvalue weighted by Gasteiger charge is 2.22. The summed E-state index contributed by atoms with van der Waals surface area (Å²) in [6.45, 7) is 3.98. The van der Waals surface area contributed by atoms with Gasteiger partial charge in [0.25, 0.3) is 11.6 Å². The van der Waals surface area contributed by atoms with E-state index in [1.807, 2.05) is 17.9 Å². The van der Waals surface area contributed by atoms with Crippen LogP contribution in [0.25, 0.3) is 11.3 Å². The first-order chi connectivity index (χ1) is 15.5. The molecule has 166 valence electrons. The van der Waals surface area contributed by atoms with E-state index in [2.05, 4.69) is 5.32 Å². The van der Waals surface area contributed by atoms with Crippen molar-refractivity contribution in [3.05, 3.63) is 75.5 Å². The van der Waals surface area contributed by atoms with Crippen LogP contribution in [-0.2, 0) is 11.3 Å². The summed E-state index contributed by atoms with van der Waals surface area (Å²) >= 11 is 0. The fourth-order valence-corrected chi connectivity index (χ4v) is 3.72. The number of nitro groups is 1. The summed E-state index contributed by atoms with van der Waals surface area (Å²) < 4.78 is 11.0. The standard InChI is InChI=1S/C23H23N3O6/c1-15-12-16(2-5-19(15)22-7-4-18(14-27)32-22)24-23(28)20-13-17(26(29)30)3-6-21(20)25-8-10-31-11-9-25/h2-7,12-13,27H,8-11,14H2,1H3,(H,24,28). The van der Waals surface area contributed by atoms with Crippen LogP contribution in [0.1, 0.15) is 21.7 Å². The smallest absolute Gasteiger partial charge is 0.270 e. The SMILES string of the molecule is Cc1cc(NC(=O)c2cc([N+](=O)[O-])ccc2N2CCOCC2)ccc1-c1ccc(CO)o1. The summed E-state index contributed by atoms with van der Waals surface area (Å²) in [6, 6.07) is 13.2. The van der Waals surface area contributed by atoms with Crippen molar-refractivity contribution in [3.8, 4) is 11.3 Å². The lowest BCUT2D eigenvalue weighted by Gasteiger charge is -2.30. The molecule has 32 heavy (non-hydrogen) atoms. The van der Waals surface area contributed by atoms with Gasteiger partial charge in [-0.3, -0.25) is 14.9 Å². The number of aliphatic hydroxyl groups excluding tert-OH is 1. The molecule has 1 aliphatic rings. The zero-order chi connectivity index (χ0) is 22.7. The van der Waals surface area contributed by atoms with Gasteiger partial charge in [-0.1, -0.05) is 0 Å². The number of hydrogen-bond acceptors (Lipinski definition) is 7. The Morgan fingerprint density at radius 3 is 2.59 bits per heavy atom. The molecular formula is C23H23N3O6. The lowest BCUT2D eigenvalue weighted by Crippen LogP contribution is -2.37. The van der Waals surface area contributed by atoms with Gasteiger partial charge in [-0.05, 0) is 48.9 Å². The Morgan fingerprint density at radius 2 is 1.94 bits per heavy atom. The van der Waals surface area contributed by atoms with E-state index >= 15 is 0 Å². The third kappa shape index (κ3) is 4.48. The minimum Gasteiger partial charge on any atom is -0.459 e. The molecule has 1 fully saturated rings. The summed E-state index contributed by atoms with van der Waals surface area (Å²) in [4.78, 5) is 25.9. The van der Waals surface area contributed by atoms with Crippen LogP contribution >= 0.6 is 0 Å². The molecule has 0 unspecified atom stereocenters. The Bertz CT molecular complexity index is 1150.